The number of carboxylic acids is 1. The molecular formula is C14H10N4O4S. The number of rotatable bonds is 2. The Kier molecular flexibility index (Phi) is 2.85. The molecule has 0 unspecified atom stereocenters. The Morgan fingerprint density at radius 3 is 3.04 bits per heavy atom. The molecule has 0 saturated heterocycles. The van der Waals surface area contributed by atoms with Crippen LogP contribution in [0.25, 0.3) is 17.3 Å². The zero-order valence-electron chi connectivity index (χ0n) is 11.9. The van der Waals surface area contributed by atoms with E-state index in [1.165, 1.54) is 11.3 Å². The maximum absolute atomic E-state index is 12.4. The molecule has 1 aliphatic heterocycles. The van der Waals surface area contributed by atoms with Crippen LogP contribution in [0.4, 0.5) is 0 Å². The topological polar surface area (TPSA) is 101 Å². The molecule has 1 aliphatic rings. The summed E-state index contributed by atoms with van der Waals surface area (Å²) in [6.07, 6.45) is 2.66. The molecule has 0 bridgehead atoms. The van der Waals surface area contributed by atoms with Crippen molar-refractivity contribution in [3.8, 4) is 17.3 Å². The van der Waals surface area contributed by atoms with Gasteiger partial charge in [0.1, 0.15) is 23.2 Å². The van der Waals surface area contributed by atoms with Crippen LogP contribution in [-0.4, -0.2) is 43.5 Å². The highest BCUT2D eigenvalue weighted by atomic mass is 32.1. The summed E-state index contributed by atoms with van der Waals surface area (Å²) >= 11 is 1.37. The number of carboxylic acid groups (broad SMARTS) is 1. The van der Waals surface area contributed by atoms with Crippen LogP contribution in [0.3, 0.4) is 0 Å². The molecular weight excluding hydrogens is 320 g/mol. The van der Waals surface area contributed by atoms with Crippen molar-refractivity contribution in [3.63, 3.8) is 0 Å². The minimum atomic E-state index is -1.17. The summed E-state index contributed by atoms with van der Waals surface area (Å²) in [6, 6.07) is 1.85. The molecule has 0 spiro atoms. The van der Waals surface area contributed by atoms with Gasteiger partial charge >= 0.3 is 5.97 Å². The van der Waals surface area contributed by atoms with Gasteiger partial charge in [-0.2, -0.15) is 0 Å². The van der Waals surface area contributed by atoms with E-state index in [-0.39, 0.29) is 17.5 Å². The van der Waals surface area contributed by atoms with E-state index in [4.69, 9.17) is 9.52 Å². The number of carbonyl (C=O) groups is 2. The molecule has 4 rings (SSSR count). The first-order valence-electron chi connectivity index (χ1n) is 6.65. The smallest absolute Gasteiger partial charge is 0.357 e. The molecule has 23 heavy (non-hydrogen) atoms. The monoisotopic (exact) mass is 330 g/mol. The van der Waals surface area contributed by atoms with Gasteiger partial charge in [-0.3, -0.25) is 9.36 Å². The van der Waals surface area contributed by atoms with E-state index < -0.39 is 5.97 Å². The first-order chi connectivity index (χ1) is 11.1. The molecule has 0 fully saturated rings. The maximum Gasteiger partial charge on any atom is 0.357 e. The van der Waals surface area contributed by atoms with Crippen molar-refractivity contribution in [1.29, 1.82) is 0 Å². The number of fused-ring (bicyclic) bond motifs is 3. The summed E-state index contributed by atoms with van der Waals surface area (Å²) in [6.45, 7) is 0.320. The summed E-state index contributed by atoms with van der Waals surface area (Å²) in [5.41, 5.74) is 1.71. The number of oxazole rings is 1. The molecule has 9 heteroatoms. The van der Waals surface area contributed by atoms with Crippen molar-refractivity contribution >= 4 is 23.2 Å². The van der Waals surface area contributed by atoms with Crippen molar-refractivity contribution in [2.45, 2.75) is 6.54 Å². The van der Waals surface area contributed by atoms with Gasteiger partial charge in [0.2, 0.25) is 5.89 Å². The minimum Gasteiger partial charge on any atom is -0.476 e. The zero-order chi connectivity index (χ0) is 16.1. The lowest BCUT2D eigenvalue weighted by Gasteiger charge is -2.13. The third kappa shape index (κ3) is 1.97. The lowest BCUT2D eigenvalue weighted by molar-refractivity contribution is 0.0690. The van der Waals surface area contributed by atoms with Gasteiger partial charge in [0.05, 0.1) is 17.9 Å². The third-order valence-corrected chi connectivity index (χ3v) is 4.52. The lowest BCUT2D eigenvalue weighted by Crippen LogP contribution is -2.24. The van der Waals surface area contributed by atoms with Crippen LogP contribution in [0.2, 0.25) is 0 Å². The highest BCUT2D eigenvalue weighted by molar-refractivity contribution is 7.12. The number of aromatic nitrogens is 3. The van der Waals surface area contributed by atoms with Crippen molar-refractivity contribution < 1.29 is 19.1 Å². The highest BCUT2D eigenvalue weighted by Gasteiger charge is 2.29. The second-order valence-corrected chi connectivity index (χ2v) is 5.97. The third-order valence-electron chi connectivity index (χ3n) is 3.62. The van der Waals surface area contributed by atoms with Gasteiger partial charge in [0.25, 0.3) is 5.91 Å². The predicted octanol–water partition coefficient (Wildman–Crippen LogP) is 1.87. The van der Waals surface area contributed by atoms with E-state index in [0.29, 0.717) is 17.1 Å². The normalized spacial score (nSPS) is 13.6. The predicted molar refractivity (Wildman–Crippen MR) is 79.7 cm³/mol. The number of imidazole rings is 1. The molecule has 3 aromatic rings. The summed E-state index contributed by atoms with van der Waals surface area (Å²) in [5, 5.41) is 10.8. The Hall–Kier alpha value is -2.94. The standard InChI is InChI=1S/C14H10N4O4S/c1-17-4-9-10(12-16-7(5-22-12)14(20)21)15-6-18(9)8-2-3-23-11(8)13(17)19/h2-3,5-6H,4H2,1H3,(H,20,21). The Balaban J connectivity index is 1.89. The van der Waals surface area contributed by atoms with Gasteiger partial charge in [-0.25, -0.2) is 14.8 Å². The highest BCUT2D eigenvalue weighted by Crippen LogP contribution is 2.32. The number of hydrogen-bond donors (Lipinski definition) is 1. The van der Waals surface area contributed by atoms with Crippen LogP contribution in [0, 0.1) is 0 Å². The van der Waals surface area contributed by atoms with Gasteiger partial charge < -0.3 is 14.4 Å². The summed E-state index contributed by atoms with van der Waals surface area (Å²) in [4.78, 5) is 33.8. The van der Waals surface area contributed by atoms with Crippen LogP contribution in [0.15, 0.2) is 28.5 Å². The summed E-state index contributed by atoms with van der Waals surface area (Å²) in [5.74, 6) is -1.11. The second kappa shape index (κ2) is 4.78. The fourth-order valence-corrected chi connectivity index (χ4v) is 3.39. The molecule has 0 aromatic carbocycles. The molecule has 1 N–H and O–H groups in total. The molecule has 0 atom stereocenters. The Bertz CT molecular complexity index is 938. The number of aromatic carboxylic acids is 1. The quantitative estimate of drug-likeness (QED) is 0.770. The average Bonchev–Trinajstić information content (AvgIpc) is 3.23. The van der Waals surface area contributed by atoms with Crippen molar-refractivity contribution in [1.82, 2.24) is 19.4 Å². The molecule has 8 nitrogen and oxygen atoms in total. The first kappa shape index (κ1) is 13.7. The van der Waals surface area contributed by atoms with E-state index >= 15 is 0 Å². The van der Waals surface area contributed by atoms with Gasteiger partial charge in [-0.05, 0) is 11.4 Å². The van der Waals surface area contributed by atoms with Crippen molar-refractivity contribution in [2.75, 3.05) is 7.05 Å². The minimum absolute atomic E-state index is 0.0664. The molecule has 4 heterocycles. The molecule has 0 saturated carbocycles. The molecule has 0 radical (unpaired) electrons. The molecule has 3 aromatic heterocycles. The largest absolute Gasteiger partial charge is 0.476 e. The van der Waals surface area contributed by atoms with E-state index in [9.17, 15) is 9.59 Å². The van der Waals surface area contributed by atoms with Crippen molar-refractivity contribution in [2.24, 2.45) is 0 Å². The van der Waals surface area contributed by atoms with Gasteiger partial charge in [-0.1, -0.05) is 0 Å². The molecule has 116 valence electrons. The second-order valence-electron chi connectivity index (χ2n) is 5.05. The summed E-state index contributed by atoms with van der Waals surface area (Å²) in [7, 11) is 1.70. The number of amides is 1. The van der Waals surface area contributed by atoms with Crippen LogP contribution >= 0.6 is 11.3 Å². The Morgan fingerprint density at radius 1 is 1.48 bits per heavy atom. The number of nitrogens with zero attached hydrogens (tertiary/aromatic N) is 4. The Morgan fingerprint density at radius 2 is 2.30 bits per heavy atom. The number of thiophene rings is 1. The van der Waals surface area contributed by atoms with Crippen LogP contribution in [-0.2, 0) is 6.54 Å². The molecule has 1 amide bonds. The lowest BCUT2D eigenvalue weighted by atomic mass is 10.3. The van der Waals surface area contributed by atoms with Crippen LogP contribution in [0.1, 0.15) is 25.9 Å². The fraction of sp³-hybridized carbons (Fsp3) is 0.143. The van der Waals surface area contributed by atoms with Gasteiger partial charge in [0, 0.05) is 7.05 Å². The van der Waals surface area contributed by atoms with Crippen molar-refractivity contribution in [3.05, 3.63) is 40.3 Å². The van der Waals surface area contributed by atoms with Crippen LogP contribution < -0.4 is 0 Å². The zero-order valence-corrected chi connectivity index (χ0v) is 12.7. The first-order valence-corrected chi connectivity index (χ1v) is 7.53. The Labute approximate surface area is 133 Å². The number of hydrogen-bond acceptors (Lipinski definition) is 6. The summed E-state index contributed by atoms with van der Waals surface area (Å²) < 4.78 is 7.05. The van der Waals surface area contributed by atoms with E-state index in [0.717, 1.165) is 17.6 Å². The average molecular weight is 330 g/mol. The number of carbonyl (C=O) groups excluding carboxylic acids is 1. The van der Waals surface area contributed by atoms with Gasteiger partial charge in [0.15, 0.2) is 5.69 Å². The van der Waals surface area contributed by atoms with E-state index in [1.807, 2.05) is 16.0 Å². The van der Waals surface area contributed by atoms with E-state index in [2.05, 4.69) is 9.97 Å². The van der Waals surface area contributed by atoms with Crippen LogP contribution in [0.5, 0.6) is 0 Å². The molecule has 0 aliphatic carbocycles. The van der Waals surface area contributed by atoms with E-state index in [1.54, 1.807) is 18.3 Å². The fourth-order valence-electron chi connectivity index (χ4n) is 2.51. The van der Waals surface area contributed by atoms with Gasteiger partial charge in [-0.15, -0.1) is 11.3 Å². The SMILES string of the molecule is CN1Cc2c(-c3nc(C(=O)O)co3)ncn2-c2ccsc2C1=O. The maximum atomic E-state index is 12.4.